The Balaban J connectivity index is 2.88. The Morgan fingerprint density at radius 2 is 2.05 bits per heavy atom. The molecule has 1 rings (SSSR count). The predicted octanol–water partition coefficient (Wildman–Crippen LogP) is 2.14. The number of benzene rings is 1. The summed E-state index contributed by atoms with van der Waals surface area (Å²) < 4.78 is 0. The van der Waals surface area contributed by atoms with Crippen molar-refractivity contribution < 1.29 is 9.72 Å². The maximum Gasteiger partial charge on any atom is 0.272 e. The van der Waals surface area contributed by atoms with E-state index >= 15 is 0 Å². The molecule has 1 amide bonds. The van der Waals surface area contributed by atoms with E-state index in [1.807, 2.05) is 6.92 Å². The quantitative estimate of drug-likeness (QED) is 0.629. The maximum atomic E-state index is 11.8. The Morgan fingerprint density at radius 1 is 1.42 bits per heavy atom. The van der Waals surface area contributed by atoms with Crippen molar-refractivity contribution in [1.82, 2.24) is 0 Å². The summed E-state index contributed by atoms with van der Waals surface area (Å²) in [7, 11) is 0. The van der Waals surface area contributed by atoms with Crippen molar-refractivity contribution >= 4 is 17.3 Å². The van der Waals surface area contributed by atoms with E-state index in [4.69, 9.17) is 5.73 Å². The van der Waals surface area contributed by atoms with E-state index in [0.29, 0.717) is 29.8 Å². The molecular formula is C13H19N3O3. The molecule has 19 heavy (non-hydrogen) atoms. The zero-order chi connectivity index (χ0) is 14.6. The van der Waals surface area contributed by atoms with Crippen LogP contribution in [-0.4, -0.2) is 17.4 Å². The van der Waals surface area contributed by atoms with Crippen molar-refractivity contribution in [2.75, 3.05) is 11.9 Å². The number of carbonyl (C=O) groups is 1. The fourth-order valence-electron chi connectivity index (χ4n) is 1.73. The molecule has 1 aromatic rings. The third-order valence-electron chi connectivity index (χ3n) is 2.95. The SMILES string of the molecule is Cc1cc([N+](=O)[O-])c(C)cc1NC(=O)CC(C)CN. The molecule has 0 saturated heterocycles. The van der Waals surface area contributed by atoms with Crippen LogP contribution in [0.25, 0.3) is 0 Å². The van der Waals surface area contributed by atoms with E-state index < -0.39 is 4.92 Å². The summed E-state index contributed by atoms with van der Waals surface area (Å²) in [5.41, 5.74) is 7.33. The second kappa shape index (κ2) is 6.29. The van der Waals surface area contributed by atoms with E-state index in [9.17, 15) is 14.9 Å². The molecule has 104 valence electrons. The summed E-state index contributed by atoms with van der Waals surface area (Å²) in [5.74, 6) is -0.0197. The van der Waals surface area contributed by atoms with Gasteiger partial charge < -0.3 is 11.1 Å². The molecule has 0 bridgehead atoms. The van der Waals surface area contributed by atoms with Crippen LogP contribution in [0.1, 0.15) is 24.5 Å². The summed E-state index contributed by atoms with van der Waals surface area (Å²) in [6.45, 7) is 5.73. The Labute approximate surface area is 112 Å². The van der Waals surface area contributed by atoms with Crippen LogP contribution in [0.4, 0.5) is 11.4 Å². The van der Waals surface area contributed by atoms with Gasteiger partial charge in [-0.15, -0.1) is 0 Å². The number of aryl methyl sites for hydroxylation is 2. The van der Waals surface area contributed by atoms with Crippen LogP contribution in [-0.2, 0) is 4.79 Å². The number of hydrogen-bond acceptors (Lipinski definition) is 4. The summed E-state index contributed by atoms with van der Waals surface area (Å²) in [5, 5.41) is 13.6. The van der Waals surface area contributed by atoms with E-state index in [1.165, 1.54) is 6.07 Å². The van der Waals surface area contributed by atoms with E-state index in [2.05, 4.69) is 5.32 Å². The average molecular weight is 265 g/mol. The van der Waals surface area contributed by atoms with Gasteiger partial charge >= 0.3 is 0 Å². The molecule has 3 N–H and O–H groups in total. The molecule has 0 radical (unpaired) electrons. The molecule has 1 aromatic carbocycles. The lowest BCUT2D eigenvalue weighted by Gasteiger charge is -2.12. The van der Waals surface area contributed by atoms with Gasteiger partial charge in [0.15, 0.2) is 0 Å². The molecule has 0 saturated carbocycles. The molecule has 6 nitrogen and oxygen atoms in total. The highest BCUT2D eigenvalue weighted by Gasteiger charge is 2.15. The van der Waals surface area contributed by atoms with Crippen molar-refractivity contribution in [3.05, 3.63) is 33.4 Å². The minimum Gasteiger partial charge on any atom is -0.330 e. The molecule has 0 heterocycles. The molecule has 0 spiro atoms. The minimum absolute atomic E-state index is 0.0609. The Bertz CT molecular complexity index is 500. The lowest BCUT2D eigenvalue weighted by molar-refractivity contribution is -0.385. The molecule has 0 aliphatic rings. The second-order valence-corrected chi connectivity index (χ2v) is 4.80. The minimum atomic E-state index is -0.426. The fraction of sp³-hybridized carbons (Fsp3) is 0.462. The first-order chi connectivity index (χ1) is 8.85. The zero-order valence-electron chi connectivity index (χ0n) is 11.4. The standard InChI is InChI=1S/C13H19N3O3/c1-8(7-14)4-13(17)15-11-5-10(3)12(16(18)19)6-9(11)2/h5-6,8H,4,7,14H2,1-3H3,(H,15,17). The summed E-state index contributed by atoms with van der Waals surface area (Å²) in [6.07, 6.45) is 0.339. The van der Waals surface area contributed by atoms with Gasteiger partial charge in [-0.05, 0) is 37.9 Å². The van der Waals surface area contributed by atoms with Crippen LogP contribution in [0, 0.1) is 29.9 Å². The topological polar surface area (TPSA) is 98.3 Å². The lowest BCUT2D eigenvalue weighted by Crippen LogP contribution is -2.20. The summed E-state index contributed by atoms with van der Waals surface area (Å²) in [4.78, 5) is 22.1. The number of anilines is 1. The maximum absolute atomic E-state index is 11.8. The first-order valence-corrected chi connectivity index (χ1v) is 6.10. The highest BCUT2D eigenvalue weighted by Crippen LogP contribution is 2.26. The van der Waals surface area contributed by atoms with Crippen molar-refractivity contribution in [3.8, 4) is 0 Å². The molecular weight excluding hydrogens is 246 g/mol. The molecule has 0 aliphatic carbocycles. The first kappa shape index (κ1) is 15.1. The molecule has 1 atom stereocenters. The van der Waals surface area contributed by atoms with Gasteiger partial charge in [-0.25, -0.2) is 0 Å². The number of nitrogens with zero attached hydrogens (tertiary/aromatic N) is 1. The number of amides is 1. The van der Waals surface area contributed by atoms with Gasteiger partial charge in [0.2, 0.25) is 5.91 Å². The number of nitro groups is 1. The molecule has 1 unspecified atom stereocenters. The number of rotatable bonds is 5. The van der Waals surface area contributed by atoms with Crippen molar-refractivity contribution in [2.45, 2.75) is 27.2 Å². The van der Waals surface area contributed by atoms with Crippen LogP contribution in [0.15, 0.2) is 12.1 Å². The highest BCUT2D eigenvalue weighted by atomic mass is 16.6. The van der Waals surface area contributed by atoms with Crippen LogP contribution in [0.2, 0.25) is 0 Å². The van der Waals surface area contributed by atoms with Crippen molar-refractivity contribution in [2.24, 2.45) is 11.7 Å². The summed E-state index contributed by atoms with van der Waals surface area (Å²) >= 11 is 0. The third kappa shape index (κ3) is 4.03. The van der Waals surface area contributed by atoms with Crippen LogP contribution >= 0.6 is 0 Å². The van der Waals surface area contributed by atoms with Crippen LogP contribution < -0.4 is 11.1 Å². The van der Waals surface area contributed by atoms with Gasteiger partial charge in [0.05, 0.1) is 4.92 Å². The second-order valence-electron chi connectivity index (χ2n) is 4.80. The van der Waals surface area contributed by atoms with Crippen molar-refractivity contribution in [3.63, 3.8) is 0 Å². The smallest absolute Gasteiger partial charge is 0.272 e. The Kier molecular flexibility index (Phi) is 5.00. The Hall–Kier alpha value is -1.95. The van der Waals surface area contributed by atoms with Crippen LogP contribution in [0.3, 0.4) is 0 Å². The van der Waals surface area contributed by atoms with Crippen molar-refractivity contribution in [1.29, 1.82) is 0 Å². The normalized spacial score (nSPS) is 12.0. The Morgan fingerprint density at radius 3 is 2.58 bits per heavy atom. The number of nitro benzene ring substituents is 1. The number of carbonyl (C=O) groups excluding carboxylic acids is 1. The third-order valence-corrected chi connectivity index (χ3v) is 2.95. The lowest BCUT2D eigenvalue weighted by atomic mass is 10.1. The van der Waals surface area contributed by atoms with E-state index in [1.54, 1.807) is 19.9 Å². The van der Waals surface area contributed by atoms with Gasteiger partial charge in [0, 0.05) is 23.7 Å². The molecule has 0 aromatic heterocycles. The van der Waals surface area contributed by atoms with Gasteiger partial charge in [0.25, 0.3) is 5.69 Å². The van der Waals surface area contributed by atoms with Gasteiger partial charge in [-0.2, -0.15) is 0 Å². The highest BCUT2D eigenvalue weighted by molar-refractivity contribution is 5.92. The number of nitrogens with two attached hydrogens (primary N) is 1. The largest absolute Gasteiger partial charge is 0.330 e. The monoisotopic (exact) mass is 265 g/mol. The van der Waals surface area contributed by atoms with Gasteiger partial charge in [-0.3, -0.25) is 14.9 Å². The fourth-order valence-corrected chi connectivity index (χ4v) is 1.73. The van der Waals surface area contributed by atoms with E-state index in [-0.39, 0.29) is 17.5 Å². The van der Waals surface area contributed by atoms with Crippen LogP contribution in [0.5, 0.6) is 0 Å². The molecule has 0 aliphatic heterocycles. The average Bonchev–Trinajstić information content (AvgIpc) is 2.32. The van der Waals surface area contributed by atoms with Gasteiger partial charge in [-0.1, -0.05) is 6.92 Å². The predicted molar refractivity (Wildman–Crippen MR) is 74.0 cm³/mol. The number of hydrogen-bond donors (Lipinski definition) is 2. The van der Waals surface area contributed by atoms with Gasteiger partial charge in [0.1, 0.15) is 0 Å². The zero-order valence-corrected chi connectivity index (χ0v) is 11.4. The molecule has 0 fully saturated rings. The van der Waals surface area contributed by atoms with E-state index in [0.717, 1.165) is 0 Å². The molecule has 6 heteroatoms. The first-order valence-electron chi connectivity index (χ1n) is 6.10. The summed E-state index contributed by atoms with van der Waals surface area (Å²) in [6, 6.07) is 3.09. The number of nitrogens with one attached hydrogen (secondary N) is 1.